The zero-order valence-electron chi connectivity index (χ0n) is 11.9. The summed E-state index contributed by atoms with van der Waals surface area (Å²) in [5.74, 6) is -1.15. The van der Waals surface area contributed by atoms with E-state index in [9.17, 15) is 4.79 Å². The first-order valence-electron chi connectivity index (χ1n) is 6.60. The Morgan fingerprint density at radius 2 is 2.00 bits per heavy atom. The van der Waals surface area contributed by atoms with Crippen molar-refractivity contribution in [3.8, 4) is 0 Å². The second-order valence-electron chi connectivity index (χ2n) is 4.71. The molecule has 0 heterocycles. The van der Waals surface area contributed by atoms with E-state index in [0.29, 0.717) is 13.2 Å². The average Bonchev–Trinajstić information content (AvgIpc) is 2.43. The molecule has 1 N–H and O–H groups in total. The number of benzene rings is 1. The number of methoxy groups -OCH3 is 1. The molecule has 0 amide bonds. The van der Waals surface area contributed by atoms with E-state index >= 15 is 0 Å². The largest absolute Gasteiger partial charge is 0.481 e. The van der Waals surface area contributed by atoms with Crippen LogP contribution in [-0.4, -0.2) is 42.8 Å². The van der Waals surface area contributed by atoms with Crippen LogP contribution in [0.2, 0.25) is 0 Å². The van der Waals surface area contributed by atoms with Crippen molar-refractivity contribution in [2.75, 3.05) is 26.8 Å². The first-order chi connectivity index (χ1) is 9.10. The van der Waals surface area contributed by atoms with E-state index in [1.807, 2.05) is 25.1 Å². The van der Waals surface area contributed by atoms with Crippen LogP contribution in [-0.2, 0) is 9.53 Å². The minimum atomic E-state index is -0.761. The van der Waals surface area contributed by atoms with Crippen LogP contribution in [0.1, 0.15) is 25.5 Å². The third-order valence-corrected chi connectivity index (χ3v) is 3.29. The van der Waals surface area contributed by atoms with Gasteiger partial charge in [-0.25, -0.2) is 0 Å². The summed E-state index contributed by atoms with van der Waals surface area (Å²) >= 11 is 0. The Balaban J connectivity index is 2.86. The maximum absolute atomic E-state index is 11.0. The molecule has 0 fully saturated rings. The Morgan fingerprint density at radius 3 is 2.47 bits per heavy atom. The highest BCUT2D eigenvalue weighted by atomic mass is 16.5. The smallest absolute Gasteiger partial charge is 0.307 e. The molecule has 2 atom stereocenters. The van der Waals surface area contributed by atoms with Crippen molar-refractivity contribution >= 4 is 5.97 Å². The van der Waals surface area contributed by atoms with Gasteiger partial charge in [-0.1, -0.05) is 44.2 Å². The van der Waals surface area contributed by atoms with Gasteiger partial charge >= 0.3 is 5.97 Å². The first-order valence-corrected chi connectivity index (χ1v) is 6.60. The predicted octanol–water partition coefficient (Wildman–Crippen LogP) is 2.42. The molecule has 0 spiro atoms. The van der Waals surface area contributed by atoms with E-state index in [4.69, 9.17) is 9.84 Å². The van der Waals surface area contributed by atoms with E-state index in [0.717, 1.165) is 12.1 Å². The van der Waals surface area contributed by atoms with Gasteiger partial charge in [0.15, 0.2) is 0 Å². The van der Waals surface area contributed by atoms with Crippen molar-refractivity contribution in [1.82, 2.24) is 4.90 Å². The molecule has 2 unspecified atom stereocenters. The van der Waals surface area contributed by atoms with Crippen LogP contribution in [0.5, 0.6) is 0 Å². The molecular weight excluding hydrogens is 242 g/mol. The minimum Gasteiger partial charge on any atom is -0.481 e. The molecule has 19 heavy (non-hydrogen) atoms. The molecule has 0 aliphatic rings. The highest BCUT2D eigenvalue weighted by molar-refractivity contribution is 5.69. The molecule has 1 aromatic carbocycles. The molecule has 0 aliphatic heterocycles. The average molecular weight is 265 g/mol. The Bertz CT molecular complexity index is 380. The first kappa shape index (κ1) is 15.7. The zero-order valence-corrected chi connectivity index (χ0v) is 11.9. The Morgan fingerprint density at radius 1 is 1.37 bits per heavy atom. The number of hydrogen-bond donors (Lipinski definition) is 1. The van der Waals surface area contributed by atoms with Gasteiger partial charge in [0.1, 0.15) is 0 Å². The lowest BCUT2D eigenvalue weighted by Crippen LogP contribution is -2.37. The molecule has 0 aliphatic carbocycles. The van der Waals surface area contributed by atoms with Gasteiger partial charge in [0.05, 0.1) is 18.6 Å². The molecule has 0 radical (unpaired) electrons. The lowest BCUT2D eigenvalue weighted by Gasteiger charge is -2.31. The van der Waals surface area contributed by atoms with Crippen molar-refractivity contribution in [2.45, 2.75) is 19.9 Å². The van der Waals surface area contributed by atoms with Gasteiger partial charge in [-0.05, 0) is 12.1 Å². The third kappa shape index (κ3) is 4.65. The van der Waals surface area contributed by atoms with Crippen LogP contribution in [0.25, 0.3) is 0 Å². The number of hydrogen-bond acceptors (Lipinski definition) is 3. The lowest BCUT2D eigenvalue weighted by molar-refractivity contribution is -0.142. The highest BCUT2D eigenvalue weighted by Crippen LogP contribution is 2.22. The molecule has 1 aromatic rings. The van der Waals surface area contributed by atoms with E-state index < -0.39 is 5.97 Å². The van der Waals surface area contributed by atoms with Gasteiger partial charge in [0.25, 0.3) is 0 Å². The summed E-state index contributed by atoms with van der Waals surface area (Å²) in [6, 6.07) is 10.2. The molecule has 0 saturated heterocycles. The molecule has 0 aromatic heterocycles. The van der Waals surface area contributed by atoms with Gasteiger partial charge in [-0.2, -0.15) is 0 Å². The summed E-state index contributed by atoms with van der Waals surface area (Å²) in [5, 5.41) is 9.05. The summed E-state index contributed by atoms with van der Waals surface area (Å²) in [4.78, 5) is 13.2. The summed E-state index contributed by atoms with van der Waals surface area (Å²) in [6.45, 7) is 5.65. The molecule has 0 saturated carbocycles. The molecule has 106 valence electrons. The number of carboxylic acid groups (broad SMARTS) is 1. The number of carboxylic acids is 1. The summed E-state index contributed by atoms with van der Waals surface area (Å²) in [5.41, 5.74) is 1.16. The van der Waals surface area contributed by atoms with Crippen molar-refractivity contribution in [3.05, 3.63) is 35.9 Å². The second-order valence-corrected chi connectivity index (χ2v) is 4.71. The van der Waals surface area contributed by atoms with E-state index in [1.54, 1.807) is 14.0 Å². The Labute approximate surface area is 115 Å². The van der Waals surface area contributed by atoms with Crippen LogP contribution in [0.15, 0.2) is 30.3 Å². The monoisotopic (exact) mass is 265 g/mol. The summed E-state index contributed by atoms with van der Waals surface area (Å²) in [7, 11) is 1.67. The van der Waals surface area contributed by atoms with E-state index in [2.05, 4.69) is 17.0 Å². The topological polar surface area (TPSA) is 49.8 Å². The molecule has 4 heteroatoms. The van der Waals surface area contributed by atoms with E-state index in [-0.39, 0.29) is 12.0 Å². The number of carbonyl (C=O) groups is 1. The van der Waals surface area contributed by atoms with Crippen LogP contribution in [0, 0.1) is 5.92 Å². The normalized spacial score (nSPS) is 14.3. The number of ether oxygens (including phenoxy) is 1. The Kier molecular flexibility index (Phi) is 6.53. The quantitative estimate of drug-likeness (QED) is 0.784. The standard InChI is InChI=1S/C15H23NO3/c1-4-16(10-12(2)15(17)18)14(11-19-3)13-8-6-5-7-9-13/h5-9,12,14H,4,10-11H2,1-3H3,(H,17,18). The molecule has 4 nitrogen and oxygen atoms in total. The fourth-order valence-electron chi connectivity index (χ4n) is 2.15. The van der Waals surface area contributed by atoms with Crippen molar-refractivity contribution in [3.63, 3.8) is 0 Å². The number of rotatable bonds is 8. The number of likely N-dealkylation sites (N-methyl/N-ethyl adjacent to an activating group) is 1. The number of nitrogens with zero attached hydrogens (tertiary/aromatic N) is 1. The van der Waals surface area contributed by atoms with Gasteiger partial charge in [0.2, 0.25) is 0 Å². The van der Waals surface area contributed by atoms with Gasteiger partial charge in [-0.3, -0.25) is 9.69 Å². The molecule has 0 bridgehead atoms. The molecule has 1 rings (SSSR count). The predicted molar refractivity (Wildman–Crippen MR) is 75.1 cm³/mol. The van der Waals surface area contributed by atoms with Crippen LogP contribution < -0.4 is 0 Å². The fourth-order valence-corrected chi connectivity index (χ4v) is 2.15. The van der Waals surface area contributed by atoms with E-state index in [1.165, 1.54) is 0 Å². The van der Waals surface area contributed by atoms with Gasteiger partial charge in [0, 0.05) is 13.7 Å². The fraction of sp³-hybridized carbons (Fsp3) is 0.533. The zero-order chi connectivity index (χ0) is 14.3. The van der Waals surface area contributed by atoms with Gasteiger partial charge in [-0.15, -0.1) is 0 Å². The van der Waals surface area contributed by atoms with Crippen LogP contribution in [0.4, 0.5) is 0 Å². The van der Waals surface area contributed by atoms with Crippen molar-refractivity contribution in [2.24, 2.45) is 5.92 Å². The van der Waals surface area contributed by atoms with Crippen molar-refractivity contribution in [1.29, 1.82) is 0 Å². The van der Waals surface area contributed by atoms with Crippen molar-refractivity contribution < 1.29 is 14.6 Å². The lowest BCUT2D eigenvalue weighted by atomic mass is 10.0. The SMILES string of the molecule is CCN(CC(C)C(=O)O)C(COC)c1ccccc1. The minimum absolute atomic E-state index is 0.0954. The highest BCUT2D eigenvalue weighted by Gasteiger charge is 2.23. The van der Waals surface area contributed by atoms with Gasteiger partial charge < -0.3 is 9.84 Å². The summed E-state index contributed by atoms with van der Waals surface area (Å²) < 4.78 is 5.29. The molecular formula is C15H23NO3. The maximum atomic E-state index is 11.0. The third-order valence-electron chi connectivity index (χ3n) is 3.29. The maximum Gasteiger partial charge on any atom is 0.307 e. The van der Waals surface area contributed by atoms with Crippen LogP contribution in [0.3, 0.4) is 0 Å². The second kappa shape index (κ2) is 7.92. The Hall–Kier alpha value is -1.39. The van der Waals surface area contributed by atoms with Crippen LogP contribution >= 0.6 is 0 Å². The number of aliphatic carboxylic acids is 1. The summed E-state index contributed by atoms with van der Waals surface area (Å²) in [6.07, 6.45) is 0.